The Hall–Kier alpha value is -1.10. The number of methoxy groups -OCH3 is 1. The lowest BCUT2D eigenvalue weighted by atomic mass is 10.0. The van der Waals surface area contributed by atoms with E-state index >= 15 is 0 Å². The fourth-order valence-corrected chi connectivity index (χ4v) is 4.12. The summed E-state index contributed by atoms with van der Waals surface area (Å²) in [6, 6.07) is 9.28. The van der Waals surface area contributed by atoms with E-state index in [0.717, 1.165) is 18.2 Å². The lowest BCUT2D eigenvalue weighted by Gasteiger charge is -2.42. The summed E-state index contributed by atoms with van der Waals surface area (Å²) in [5, 5.41) is 0. The predicted octanol–water partition coefficient (Wildman–Crippen LogP) is 2.34. The van der Waals surface area contributed by atoms with Crippen LogP contribution in [0.1, 0.15) is 24.8 Å². The number of piperazine rings is 1. The van der Waals surface area contributed by atoms with Gasteiger partial charge in [-0.1, -0.05) is 12.1 Å². The van der Waals surface area contributed by atoms with Crippen LogP contribution in [0.5, 0.6) is 5.75 Å². The highest BCUT2D eigenvalue weighted by molar-refractivity contribution is 5.28. The Bertz CT molecular complexity index is 499. The molecule has 2 aliphatic heterocycles. The molecule has 4 nitrogen and oxygen atoms in total. The van der Waals surface area contributed by atoms with Crippen molar-refractivity contribution in [2.75, 3.05) is 60.0 Å². The summed E-state index contributed by atoms with van der Waals surface area (Å²) in [4.78, 5) is 7.87. The van der Waals surface area contributed by atoms with Gasteiger partial charge < -0.3 is 14.5 Å². The minimum Gasteiger partial charge on any atom is -0.497 e. The molecule has 0 bridgehead atoms. The van der Waals surface area contributed by atoms with Crippen molar-refractivity contribution >= 4 is 0 Å². The first-order valence-corrected chi connectivity index (χ1v) is 9.52. The summed E-state index contributed by atoms with van der Waals surface area (Å²) in [7, 11) is 4.00. The molecule has 24 heavy (non-hydrogen) atoms. The Morgan fingerprint density at radius 2 is 1.96 bits per heavy atom. The molecule has 4 heteroatoms. The second-order valence-corrected chi connectivity index (χ2v) is 7.39. The minimum absolute atomic E-state index is 0.794. The second-order valence-electron chi connectivity index (χ2n) is 7.39. The van der Waals surface area contributed by atoms with E-state index < -0.39 is 0 Å². The zero-order chi connectivity index (χ0) is 16.8. The number of hydrogen-bond donors (Lipinski definition) is 0. The van der Waals surface area contributed by atoms with Crippen molar-refractivity contribution in [3.63, 3.8) is 0 Å². The van der Waals surface area contributed by atoms with E-state index in [0.29, 0.717) is 0 Å². The largest absolute Gasteiger partial charge is 0.497 e. The van der Waals surface area contributed by atoms with Crippen LogP contribution >= 0.6 is 0 Å². The molecule has 1 unspecified atom stereocenters. The van der Waals surface area contributed by atoms with Crippen molar-refractivity contribution in [2.24, 2.45) is 0 Å². The number of hydrogen-bond acceptors (Lipinski definition) is 4. The molecule has 0 saturated carbocycles. The standard InChI is InChI=1S/C20H33N3O/c1-21-10-5-8-19(17-21)23-14-12-22(13-15-23)11-4-7-18-6-3-9-20(16-18)24-2/h3,6,9,16,19H,4-5,7-8,10-15,17H2,1-2H3. The second kappa shape index (κ2) is 8.84. The van der Waals surface area contributed by atoms with Gasteiger partial charge in [-0.15, -0.1) is 0 Å². The van der Waals surface area contributed by atoms with Gasteiger partial charge in [0.15, 0.2) is 0 Å². The van der Waals surface area contributed by atoms with Crippen LogP contribution in [0.25, 0.3) is 0 Å². The van der Waals surface area contributed by atoms with Gasteiger partial charge in [-0.25, -0.2) is 0 Å². The zero-order valence-corrected chi connectivity index (χ0v) is 15.4. The summed E-state index contributed by atoms with van der Waals surface area (Å²) in [6.45, 7) is 8.72. The molecule has 1 aromatic carbocycles. The number of aryl methyl sites for hydroxylation is 1. The quantitative estimate of drug-likeness (QED) is 0.796. The van der Waals surface area contributed by atoms with Gasteiger partial charge in [0, 0.05) is 38.8 Å². The Labute approximate surface area is 147 Å². The molecule has 2 saturated heterocycles. The smallest absolute Gasteiger partial charge is 0.119 e. The van der Waals surface area contributed by atoms with Crippen LogP contribution in [0.2, 0.25) is 0 Å². The molecule has 0 aliphatic carbocycles. The molecular weight excluding hydrogens is 298 g/mol. The number of ether oxygens (including phenoxy) is 1. The van der Waals surface area contributed by atoms with Crippen LogP contribution < -0.4 is 4.74 Å². The summed E-state index contributed by atoms with van der Waals surface area (Å²) in [5.74, 6) is 0.971. The first-order valence-electron chi connectivity index (χ1n) is 9.52. The molecule has 3 rings (SSSR count). The molecule has 0 aromatic heterocycles. The van der Waals surface area contributed by atoms with Gasteiger partial charge in [-0.2, -0.15) is 0 Å². The average molecular weight is 332 g/mol. The molecule has 0 radical (unpaired) electrons. The zero-order valence-electron chi connectivity index (χ0n) is 15.4. The maximum atomic E-state index is 5.31. The van der Waals surface area contributed by atoms with Crippen molar-refractivity contribution < 1.29 is 4.74 Å². The predicted molar refractivity (Wildman–Crippen MR) is 99.8 cm³/mol. The van der Waals surface area contributed by atoms with E-state index in [9.17, 15) is 0 Å². The lowest BCUT2D eigenvalue weighted by molar-refractivity contribution is 0.0592. The fourth-order valence-electron chi connectivity index (χ4n) is 4.12. The topological polar surface area (TPSA) is 19.0 Å². The highest BCUT2D eigenvalue weighted by atomic mass is 16.5. The van der Waals surface area contributed by atoms with Crippen LogP contribution in [-0.4, -0.2) is 80.7 Å². The van der Waals surface area contributed by atoms with Crippen molar-refractivity contribution in [2.45, 2.75) is 31.7 Å². The average Bonchev–Trinajstić information content (AvgIpc) is 2.62. The van der Waals surface area contributed by atoms with Crippen molar-refractivity contribution in [3.05, 3.63) is 29.8 Å². The summed E-state index contributed by atoms with van der Waals surface area (Å²) in [6.07, 6.45) is 5.13. The fraction of sp³-hybridized carbons (Fsp3) is 0.700. The Kier molecular flexibility index (Phi) is 6.52. The van der Waals surface area contributed by atoms with E-state index in [1.54, 1.807) is 7.11 Å². The van der Waals surface area contributed by atoms with Gasteiger partial charge in [-0.3, -0.25) is 4.90 Å². The highest BCUT2D eigenvalue weighted by Gasteiger charge is 2.26. The number of nitrogens with zero attached hydrogens (tertiary/aromatic N) is 3. The molecule has 2 fully saturated rings. The van der Waals surface area contributed by atoms with Crippen molar-refractivity contribution in [1.82, 2.24) is 14.7 Å². The third kappa shape index (κ3) is 4.95. The van der Waals surface area contributed by atoms with E-state index in [4.69, 9.17) is 4.74 Å². The van der Waals surface area contributed by atoms with Crippen molar-refractivity contribution in [1.29, 1.82) is 0 Å². The van der Waals surface area contributed by atoms with Crippen LogP contribution in [0, 0.1) is 0 Å². The van der Waals surface area contributed by atoms with E-state index in [-0.39, 0.29) is 0 Å². The van der Waals surface area contributed by atoms with E-state index in [2.05, 4.69) is 39.9 Å². The van der Waals surface area contributed by atoms with Gasteiger partial charge in [0.25, 0.3) is 0 Å². The maximum absolute atomic E-state index is 5.31. The highest BCUT2D eigenvalue weighted by Crippen LogP contribution is 2.17. The molecule has 2 heterocycles. The van der Waals surface area contributed by atoms with Gasteiger partial charge in [0.05, 0.1) is 7.11 Å². The van der Waals surface area contributed by atoms with Gasteiger partial charge in [-0.05, 0) is 63.5 Å². The van der Waals surface area contributed by atoms with Gasteiger partial charge in [0.2, 0.25) is 0 Å². The minimum atomic E-state index is 0.794. The molecule has 1 aromatic rings. The number of piperidine rings is 1. The molecule has 134 valence electrons. The van der Waals surface area contributed by atoms with E-state index in [1.807, 2.05) is 6.07 Å². The SMILES string of the molecule is COc1cccc(CCCN2CCN(C3CCCN(C)C3)CC2)c1. The Morgan fingerprint density at radius 1 is 1.12 bits per heavy atom. The molecular formula is C20H33N3O. The summed E-state index contributed by atoms with van der Waals surface area (Å²) >= 11 is 0. The maximum Gasteiger partial charge on any atom is 0.119 e. The molecule has 2 aliphatic rings. The van der Waals surface area contributed by atoms with Crippen molar-refractivity contribution in [3.8, 4) is 5.75 Å². The summed E-state index contributed by atoms with van der Waals surface area (Å²) in [5.41, 5.74) is 1.39. The Balaban J connectivity index is 1.36. The number of likely N-dealkylation sites (tertiary alicyclic amines) is 1. The number of benzene rings is 1. The van der Waals surface area contributed by atoms with Crippen LogP contribution in [0.4, 0.5) is 0 Å². The third-order valence-electron chi connectivity index (χ3n) is 5.60. The Morgan fingerprint density at radius 3 is 2.71 bits per heavy atom. The normalized spacial score (nSPS) is 24.2. The van der Waals surface area contributed by atoms with Crippen LogP contribution in [-0.2, 0) is 6.42 Å². The monoisotopic (exact) mass is 331 g/mol. The molecule has 0 amide bonds. The lowest BCUT2D eigenvalue weighted by Crippen LogP contribution is -2.54. The van der Waals surface area contributed by atoms with Gasteiger partial charge >= 0.3 is 0 Å². The van der Waals surface area contributed by atoms with Crippen LogP contribution in [0.3, 0.4) is 0 Å². The van der Waals surface area contributed by atoms with Gasteiger partial charge in [0.1, 0.15) is 5.75 Å². The molecule has 0 spiro atoms. The number of likely N-dealkylation sites (N-methyl/N-ethyl adjacent to an activating group) is 1. The molecule has 1 atom stereocenters. The summed E-state index contributed by atoms with van der Waals surface area (Å²) < 4.78 is 5.31. The van der Waals surface area contributed by atoms with E-state index in [1.165, 1.54) is 70.6 Å². The third-order valence-corrected chi connectivity index (χ3v) is 5.60. The number of rotatable bonds is 6. The first-order chi connectivity index (χ1) is 11.7. The molecule has 0 N–H and O–H groups in total. The van der Waals surface area contributed by atoms with Crippen LogP contribution in [0.15, 0.2) is 24.3 Å². The first kappa shape index (κ1) is 17.7.